The molecule has 5 heteroatoms. The summed E-state index contributed by atoms with van der Waals surface area (Å²) >= 11 is 0. The number of nitrogens with zero attached hydrogens (tertiary/aromatic N) is 4. The first-order valence-corrected chi connectivity index (χ1v) is 43.3. The van der Waals surface area contributed by atoms with Crippen LogP contribution in [0.4, 0.5) is 34.1 Å². The van der Waals surface area contributed by atoms with Gasteiger partial charge in [-0.1, -0.05) is 329 Å². The second-order valence-electron chi connectivity index (χ2n) is 31.5. The van der Waals surface area contributed by atoms with E-state index in [1.165, 1.54) is 188 Å². The van der Waals surface area contributed by atoms with Crippen LogP contribution >= 0.6 is 0 Å². The quantitative estimate of drug-likeness (QED) is 0.127. The molecule has 546 valence electrons. The largest absolute Gasteiger partial charge is 0.311 e. The van der Waals surface area contributed by atoms with Gasteiger partial charge < -0.3 is 18.9 Å². The molecule has 20 aromatic rings. The van der Waals surface area contributed by atoms with Crippen LogP contribution in [-0.4, -0.2) is 17.2 Å². The van der Waals surface area contributed by atoms with E-state index < -0.39 is 13.5 Å². The van der Waals surface area contributed by atoms with Gasteiger partial charge in [-0.3, -0.25) is 0 Å². The highest BCUT2D eigenvalue weighted by Gasteiger charge is 2.52. The van der Waals surface area contributed by atoms with Gasteiger partial charge in [0.15, 0.2) is 0 Å². The number of rotatable bonds is 10. The van der Waals surface area contributed by atoms with Crippen molar-refractivity contribution in [3.05, 3.63) is 459 Å². The third-order valence-corrected chi connectivity index (χ3v) is 28.2. The molecule has 0 atom stereocenters. The third kappa shape index (κ3) is 11.0. The van der Waals surface area contributed by atoms with Gasteiger partial charge in [0.25, 0.3) is 0 Å². The van der Waals surface area contributed by atoms with Gasteiger partial charge in [0.05, 0.1) is 38.9 Å². The summed E-state index contributed by atoms with van der Waals surface area (Å²) in [6.07, 6.45) is 0. The van der Waals surface area contributed by atoms with Crippen LogP contribution in [0.25, 0.3) is 133 Å². The van der Waals surface area contributed by atoms with Gasteiger partial charge in [0.1, 0.15) is 8.07 Å². The van der Waals surface area contributed by atoms with Gasteiger partial charge in [0, 0.05) is 55.7 Å². The van der Waals surface area contributed by atoms with Gasteiger partial charge in [0.2, 0.25) is 0 Å². The third-order valence-electron chi connectivity index (χ3n) is 24.7. The molecule has 1 aliphatic carbocycles. The molecule has 2 aliphatic heterocycles. The Balaban J connectivity index is 0.000000143. The van der Waals surface area contributed by atoms with Crippen molar-refractivity contribution in [2.24, 2.45) is 0 Å². The molecule has 0 radical (unpaired) electrons. The summed E-state index contributed by atoms with van der Waals surface area (Å²) in [7, 11) is -2.08. The molecule has 4 heterocycles. The highest BCUT2D eigenvalue weighted by Crippen LogP contribution is 2.64. The normalized spacial score (nSPS) is 13.2. The molecule has 0 bridgehead atoms. The lowest BCUT2D eigenvalue weighted by Gasteiger charge is -2.45. The van der Waals surface area contributed by atoms with Gasteiger partial charge in [-0.05, 0) is 232 Å². The van der Waals surface area contributed by atoms with Crippen molar-refractivity contribution >= 4 is 96.2 Å². The van der Waals surface area contributed by atoms with E-state index in [9.17, 15) is 0 Å². The SMILES string of the molecule is C[Si]1(C)c2ccccc2N(c2ccccc2)c2cc3c4ccccc4n(-c4cccc(-c5cccc(-c6cccc(-c7ccccc7)c6)c5)c4)c3cc21.c1ccc(-c2cccc(-c3cccc(-c4cccc(-n5c6ccccc6c6cc7c(cc65)C5(c6ccccc6-c6ccccc65)c5ccccc5N7c5ccccc5)c4)c3)c2)cc1. The van der Waals surface area contributed by atoms with Crippen LogP contribution in [-0.2, 0) is 5.41 Å². The number of fused-ring (bicyclic) bond motifs is 17. The molecular formula is C111H78N4Si. The minimum absolute atomic E-state index is 0.542. The minimum Gasteiger partial charge on any atom is -0.311 e. The van der Waals surface area contributed by atoms with Crippen LogP contribution in [0.15, 0.2) is 437 Å². The molecule has 0 amide bonds. The van der Waals surface area contributed by atoms with Crippen LogP contribution < -0.4 is 20.2 Å². The molecule has 2 aromatic heterocycles. The fourth-order valence-electron chi connectivity index (χ4n) is 19.4. The number of aromatic nitrogens is 2. The van der Waals surface area contributed by atoms with Gasteiger partial charge in [-0.15, -0.1) is 0 Å². The fraction of sp³-hybridized carbons (Fsp3) is 0.0270. The molecule has 18 aromatic carbocycles. The van der Waals surface area contributed by atoms with E-state index in [-0.39, 0.29) is 0 Å². The summed E-state index contributed by atoms with van der Waals surface area (Å²) in [4.78, 5) is 4.98. The smallest absolute Gasteiger partial charge is 0.117 e. The number of hydrogen-bond acceptors (Lipinski definition) is 2. The minimum atomic E-state index is -2.08. The lowest BCUT2D eigenvalue weighted by Crippen LogP contribution is -2.58. The summed E-state index contributed by atoms with van der Waals surface area (Å²) in [6, 6.07) is 161. The number of hydrogen-bond donors (Lipinski definition) is 0. The van der Waals surface area contributed by atoms with E-state index in [0.717, 1.165) is 11.4 Å². The van der Waals surface area contributed by atoms with Crippen molar-refractivity contribution in [2.45, 2.75) is 18.5 Å². The molecule has 116 heavy (non-hydrogen) atoms. The standard InChI is InChI=1S/C61H40N2.C50H38N2Si/c1-3-18-41(19-4-1)42-20-15-21-43(36-42)44-22-16-23-45(37-44)46-24-17-27-48(38-46)63-57-34-13-9-30-51(57)52-39-60-56(40-59(52)63)61(53-31-10-7-28-49(53)50-29-8-11-32-54(50)61)55-33-12-14-35-58(55)62(60)47-25-5-2-6-26-47;1-53(2)49-29-12-11-28-46(49)51(41-23-7-4-8-24-41)48-33-44-43-26-9-10-27-45(43)52(47(44)34-50(48)53)42-25-15-22-40(32-42)39-21-14-20-38(31-39)37-19-13-18-36(30-37)35-16-5-3-6-17-35/h1-40H;3-34H,1-2H3. The maximum absolute atomic E-state index is 2.53. The maximum atomic E-state index is 2.53. The average Bonchev–Trinajstić information content (AvgIpc) is 1.45. The van der Waals surface area contributed by atoms with Crippen LogP contribution in [0.1, 0.15) is 22.3 Å². The van der Waals surface area contributed by atoms with E-state index in [2.05, 4.69) is 469 Å². The molecule has 0 saturated heterocycles. The monoisotopic (exact) mass is 1490 g/mol. The summed E-state index contributed by atoms with van der Waals surface area (Å²) in [5.41, 5.74) is 36.2. The first-order valence-electron chi connectivity index (χ1n) is 40.3. The Labute approximate surface area is 677 Å². The Bertz CT molecular complexity index is 7210. The predicted octanol–water partition coefficient (Wildman–Crippen LogP) is 28.3. The van der Waals surface area contributed by atoms with Gasteiger partial charge in [-0.25, -0.2) is 0 Å². The van der Waals surface area contributed by atoms with Gasteiger partial charge >= 0.3 is 0 Å². The first-order chi connectivity index (χ1) is 57.3. The highest BCUT2D eigenvalue weighted by molar-refractivity contribution is 7.03. The second kappa shape index (κ2) is 27.6. The maximum Gasteiger partial charge on any atom is 0.117 e. The van der Waals surface area contributed by atoms with E-state index in [4.69, 9.17) is 0 Å². The fourth-order valence-corrected chi connectivity index (χ4v) is 22.4. The van der Waals surface area contributed by atoms with Crippen molar-refractivity contribution < 1.29 is 0 Å². The first kappa shape index (κ1) is 68.2. The van der Waals surface area contributed by atoms with Crippen molar-refractivity contribution in [3.8, 4) is 89.3 Å². The summed E-state index contributed by atoms with van der Waals surface area (Å²) in [6.45, 7) is 5.02. The molecule has 23 rings (SSSR count). The lowest BCUT2D eigenvalue weighted by atomic mass is 9.64. The Hall–Kier alpha value is -14.6. The summed E-state index contributed by atoms with van der Waals surface area (Å²) in [5, 5.41) is 7.92. The Kier molecular flexibility index (Phi) is 16.3. The second-order valence-corrected chi connectivity index (χ2v) is 35.8. The highest BCUT2D eigenvalue weighted by atomic mass is 28.3. The zero-order chi connectivity index (χ0) is 77.0. The van der Waals surface area contributed by atoms with E-state index in [1.807, 2.05) is 0 Å². The molecule has 0 saturated carbocycles. The molecule has 0 unspecified atom stereocenters. The Morgan fingerprint density at radius 2 is 0.517 bits per heavy atom. The Morgan fingerprint density at radius 3 is 0.991 bits per heavy atom. The zero-order valence-corrected chi connectivity index (χ0v) is 65.4. The average molecular weight is 1500 g/mol. The molecular weight excluding hydrogens is 1420 g/mol. The van der Waals surface area contributed by atoms with E-state index in [1.54, 1.807) is 0 Å². The van der Waals surface area contributed by atoms with Crippen molar-refractivity contribution in [1.29, 1.82) is 0 Å². The number of anilines is 6. The van der Waals surface area contributed by atoms with Crippen molar-refractivity contribution in [3.63, 3.8) is 0 Å². The summed E-state index contributed by atoms with van der Waals surface area (Å²) < 4.78 is 4.98. The molecule has 4 nitrogen and oxygen atoms in total. The van der Waals surface area contributed by atoms with E-state index in [0.29, 0.717) is 0 Å². The summed E-state index contributed by atoms with van der Waals surface area (Å²) in [5.74, 6) is 0. The number of para-hydroxylation sites is 6. The molecule has 0 fully saturated rings. The topological polar surface area (TPSA) is 16.3 Å². The molecule has 1 spiro atoms. The van der Waals surface area contributed by atoms with Crippen molar-refractivity contribution in [2.75, 3.05) is 9.80 Å². The van der Waals surface area contributed by atoms with Crippen LogP contribution in [0.5, 0.6) is 0 Å². The van der Waals surface area contributed by atoms with E-state index >= 15 is 0 Å². The van der Waals surface area contributed by atoms with Gasteiger partial charge in [-0.2, -0.15) is 0 Å². The molecule has 3 aliphatic rings. The van der Waals surface area contributed by atoms with Crippen molar-refractivity contribution in [1.82, 2.24) is 9.13 Å². The molecule has 0 N–H and O–H groups in total. The van der Waals surface area contributed by atoms with Crippen LogP contribution in [0, 0.1) is 0 Å². The number of benzene rings is 18. The van der Waals surface area contributed by atoms with Crippen LogP contribution in [0.2, 0.25) is 13.1 Å². The Morgan fingerprint density at radius 1 is 0.190 bits per heavy atom. The van der Waals surface area contributed by atoms with Crippen LogP contribution in [0.3, 0.4) is 0 Å². The lowest BCUT2D eigenvalue weighted by molar-refractivity contribution is 0.753. The predicted molar refractivity (Wildman–Crippen MR) is 491 cm³/mol. The zero-order valence-electron chi connectivity index (χ0n) is 64.4.